The number of carbonyl (C=O) groups excluding carboxylic acids is 1. The van der Waals surface area contributed by atoms with Crippen LogP contribution in [0.4, 0.5) is 11.6 Å². The average Bonchev–Trinajstić information content (AvgIpc) is 2.92. The zero-order valence-corrected chi connectivity index (χ0v) is 21.8. The molecule has 1 aliphatic rings. The van der Waals surface area contributed by atoms with Crippen LogP contribution in [0.3, 0.4) is 0 Å². The summed E-state index contributed by atoms with van der Waals surface area (Å²) in [6, 6.07) is 15.6. The Bertz CT molecular complexity index is 1140. The highest BCUT2D eigenvalue weighted by molar-refractivity contribution is 6.04. The molecule has 0 saturated carbocycles. The smallest absolute Gasteiger partial charge is 0.257 e. The number of nitrogens with one attached hydrogen (secondary N) is 1. The van der Waals surface area contributed by atoms with Gasteiger partial charge in [0.15, 0.2) is 11.5 Å². The normalized spacial score (nSPS) is 13.8. The van der Waals surface area contributed by atoms with Gasteiger partial charge in [0.2, 0.25) is 5.75 Å². The zero-order chi connectivity index (χ0) is 26.0. The van der Waals surface area contributed by atoms with Crippen LogP contribution in [0.2, 0.25) is 0 Å². The van der Waals surface area contributed by atoms with Gasteiger partial charge in [0.25, 0.3) is 5.91 Å². The van der Waals surface area contributed by atoms with Gasteiger partial charge in [-0.1, -0.05) is 30.3 Å². The predicted molar refractivity (Wildman–Crippen MR) is 144 cm³/mol. The fraction of sp³-hybridized carbons (Fsp3) is 0.393. The molecule has 0 unspecified atom stereocenters. The van der Waals surface area contributed by atoms with E-state index >= 15 is 0 Å². The number of carbonyl (C=O) groups is 1. The number of hydrogen-bond acceptors (Lipinski definition) is 8. The molecule has 9 heteroatoms. The van der Waals surface area contributed by atoms with Crippen molar-refractivity contribution in [2.24, 2.45) is 0 Å². The van der Waals surface area contributed by atoms with Crippen molar-refractivity contribution in [1.82, 2.24) is 14.9 Å². The summed E-state index contributed by atoms with van der Waals surface area (Å²) in [4.78, 5) is 26.5. The molecule has 4 rings (SSSR count). The van der Waals surface area contributed by atoms with E-state index in [-0.39, 0.29) is 5.91 Å². The molecule has 0 bridgehead atoms. The molecule has 9 nitrogen and oxygen atoms in total. The van der Waals surface area contributed by atoms with E-state index in [2.05, 4.69) is 49.4 Å². The number of anilines is 2. The molecule has 1 saturated heterocycles. The van der Waals surface area contributed by atoms with Crippen LogP contribution in [-0.2, 0) is 6.54 Å². The van der Waals surface area contributed by atoms with Crippen LogP contribution < -0.4 is 24.4 Å². The van der Waals surface area contributed by atoms with E-state index in [1.54, 1.807) is 12.1 Å². The third-order valence-corrected chi connectivity index (χ3v) is 6.01. The van der Waals surface area contributed by atoms with Crippen molar-refractivity contribution in [3.8, 4) is 17.2 Å². The predicted octanol–water partition coefficient (Wildman–Crippen LogP) is 4.25. The van der Waals surface area contributed by atoms with Crippen molar-refractivity contribution >= 4 is 17.5 Å². The topological polar surface area (TPSA) is 89.1 Å². The van der Waals surface area contributed by atoms with E-state index in [1.165, 1.54) is 11.9 Å². The summed E-state index contributed by atoms with van der Waals surface area (Å²) in [7, 11) is 0. The van der Waals surface area contributed by atoms with Gasteiger partial charge in [0.1, 0.15) is 18.0 Å². The van der Waals surface area contributed by atoms with Crippen molar-refractivity contribution in [3.63, 3.8) is 0 Å². The lowest BCUT2D eigenvalue weighted by Crippen LogP contribution is -2.46. The fourth-order valence-corrected chi connectivity index (χ4v) is 4.27. The highest BCUT2D eigenvalue weighted by atomic mass is 16.5. The van der Waals surface area contributed by atoms with E-state index in [0.29, 0.717) is 48.5 Å². The van der Waals surface area contributed by atoms with Crippen LogP contribution in [-0.4, -0.2) is 66.8 Å². The molecular weight excluding hydrogens is 470 g/mol. The van der Waals surface area contributed by atoms with Crippen LogP contribution in [0.15, 0.2) is 54.9 Å². The Hall–Kier alpha value is -3.85. The molecule has 1 fully saturated rings. The summed E-state index contributed by atoms with van der Waals surface area (Å²) in [6.07, 6.45) is 1.48. The third kappa shape index (κ3) is 6.89. The molecule has 2 heterocycles. The van der Waals surface area contributed by atoms with Crippen LogP contribution >= 0.6 is 0 Å². The van der Waals surface area contributed by atoms with Gasteiger partial charge in [0, 0.05) is 44.4 Å². The molecule has 1 N–H and O–H groups in total. The monoisotopic (exact) mass is 505 g/mol. The second-order valence-electron chi connectivity index (χ2n) is 8.57. The summed E-state index contributed by atoms with van der Waals surface area (Å²) in [6.45, 7) is 11.5. The van der Waals surface area contributed by atoms with Gasteiger partial charge in [-0.3, -0.25) is 9.69 Å². The summed E-state index contributed by atoms with van der Waals surface area (Å²) < 4.78 is 17.2. The van der Waals surface area contributed by atoms with Crippen LogP contribution in [0.5, 0.6) is 17.2 Å². The SMILES string of the molecule is CCOc1cc(C(=O)Nc2cc(N3CCN(Cc4ccccc4)CC3)ncn2)cc(OCC)c1OCC. The minimum Gasteiger partial charge on any atom is -0.490 e. The van der Waals surface area contributed by atoms with Gasteiger partial charge in [-0.25, -0.2) is 9.97 Å². The second-order valence-corrected chi connectivity index (χ2v) is 8.57. The Morgan fingerprint density at radius 1 is 0.865 bits per heavy atom. The van der Waals surface area contributed by atoms with Gasteiger partial charge in [-0.15, -0.1) is 0 Å². The maximum absolute atomic E-state index is 13.2. The van der Waals surface area contributed by atoms with E-state index < -0.39 is 0 Å². The van der Waals surface area contributed by atoms with E-state index in [9.17, 15) is 4.79 Å². The lowest BCUT2D eigenvalue weighted by atomic mass is 10.1. The van der Waals surface area contributed by atoms with Gasteiger partial charge >= 0.3 is 0 Å². The number of ether oxygens (including phenoxy) is 3. The number of piperazine rings is 1. The van der Waals surface area contributed by atoms with Crippen molar-refractivity contribution in [2.75, 3.05) is 56.2 Å². The number of amides is 1. The van der Waals surface area contributed by atoms with Gasteiger partial charge in [0.05, 0.1) is 19.8 Å². The van der Waals surface area contributed by atoms with Crippen LogP contribution in [0.25, 0.3) is 0 Å². The number of benzene rings is 2. The van der Waals surface area contributed by atoms with E-state index in [0.717, 1.165) is 38.5 Å². The summed E-state index contributed by atoms with van der Waals surface area (Å²) >= 11 is 0. The van der Waals surface area contributed by atoms with Crippen molar-refractivity contribution in [1.29, 1.82) is 0 Å². The summed E-state index contributed by atoms with van der Waals surface area (Å²) in [5.74, 6) is 2.35. The quantitative estimate of drug-likeness (QED) is 0.414. The summed E-state index contributed by atoms with van der Waals surface area (Å²) in [5.41, 5.74) is 1.71. The first-order chi connectivity index (χ1) is 18.1. The van der Waals surface area contributed by atoms with Gasteiger partial charge in [-0.05, 0) is 38.5 Å². The molecule has 1 aliphatic heterocycles. The molecule has 1 amide bonds. The van der Waals surface area contributed by atoms with E-state index in [1.807, 2.05) is 32.9 Å². The minimum atomic E-state index is -0.317. The Morgan fingerprint density at radius 3 is 2.14 bits per heavy atom. The van der Waals surface area contributed by atoms with Gasteiger partial charge < -0.3 is 24.4 Å². The van der Waals surface area contributed by atoms with Crippen molar-refractivity contribution in [2.45, 2.75) is 27.3 Å². The maximum atomic E-state index is 13.2. The maximum Gasteiger partial charge on any atom is 0.257 e. The first kappa shape index (κ1) is 26.2. The first-order valence-corrected chi connectivity index (χ1v) is 12.8. The number of rotatable bonds is 11. The lowest BCUT2D eigenvalue weighted by molar-refractivity contribution is 0.102. The standard InChI is InChI=1S/C28H35N5O4/c1-4-35-23-16-22(17-24(36-5-2)27(23)37-6-3)28(34)31-25-18-26(30-20-29-25)33-14-12-32(13-15-33)19-21-10-8-7-9-11-21/h7-11,16-18,20H,4-6,12-15,19H2,1-3H3,(H,29,30,31,34). The molecule has 3 aromatic rings. The highest BCUT2D eigenvalue weighted by Crippen LogP contribution is 2.39. The second kappa shape index (κ2) is 12.9. The Balaban J connectivity index is 1.43. The minimum absolute atomic E-state index is 0.317. The largest absolute Gasteiger partial charge is 0.490 e. The molecule has 0 spiro atoms. The Morgan fingerprint density at radius 2 is 1.51 bits per heavy atom. The zero-order valence-electron chi connectivity index (χ0n) is 21.8. The van der Waals surface area contributed by atoms with Crippen molar-refractivity contribution in [3.05, 3.63) is 66.0 Å². The van der Waals surface area contributed by atoms with E-state index in [4.69, 9.17) is 14.2 Å². The molecular formula is C28H35N5O4. The lowest BCUT2D eigenvalue weighted by Gasteiger charge is -2.35. The molecule has 37 heavy (non-hydrogen) atoms. The number of nitrogens with zero attached hydrogens (tertiary/aromatic N) is 4. The average molecular weight is 506 g/mol. The third-order valence-electron chi connectivity index (χ3n) is 6.01. The Kier molecular flexibility index (Phi) is 9.15. The first-order valence-electron chi connectivity index (χ1n) is 12.8. The van der Waals surface area contributed by atoms with Crippen LogP contribution in [0, 0.1) is 0 Å². The van der Waals surface area contributed by atoms with Gasteiger partial charge in [-0.2, -0.15) is 0 Å². The highest BCUT2D eigenvalue weighted by Gasteiger charge is 2.21. The molecule has 2 aromatic carbocycles. The number of hydrogen-bond donors (Lipinski definition) is 1. The molecule has 0 aliphatic carbocycles. The fourth-order valence-electron chi connectivity index (χ4n) is 4.27. The Labute approximate surface area is 218 Å². The molecule has 0 atom stereocenters. The number of aromatic nitrogens is 2. The molecule has 1 aromatic heterocycles. The molecule has 0 radical (unpaired) electrons. The van der Waals surface area contributed by atoms with Crippen molar-refractivity contribution < 1.29 is 19.0 Å². The summed E-state index contributed by atoms with van der Waals surface area (Å²) in [5, 5.41) is 2.89. The van der Waals surface area contributed by atoms with Crippen LogP contribution in [0.1, 0.15) is 36.7 Å². The molecule has 196 valence electrons.